The van der Waals surface area contributed by atoms with Crippen molar-refractivity contribution in [3.63, 3.8) is 0 Å². The van der Waals surface area contributed by atoms with Crippen LogP contribution >= 0.6 is 0 Å². The lowest BCUT2D eigenvalue weighted by Gasteiger charge is -2.24. The molecule has 1 aliphatic rings. The molecule has 18 heavy (non-hydrogen) atoms. The molecular weight excluding hydrogens is 248 g/mol. The molecule has 0 radical (unpaired) electrons. The van der Waals surface area contributed by atoms with Crippen molar-refractivity contribution in [3.05, 3.63) is 12.2 Å². The number of nitrogens with one attached hydrogen (secondary N) is 1. The summed E-state index contributed by atoms with van der Waals surface area (Å²) in [5, 5.41) is 3.40. The smallest absolute Gasteiger partial charge is 0.151 e. The predicted molar refractivity (Wildman–Crippen MR) is 76.6 cm³/mol. The molecule has 0 bridgehead atoms. The highest BCUT2D eigenvalue weighted by Gasteiger charge is 2.19. The third-order valence-corrected chi connectivity index (χ3v) is 4.68. The maximum absolute atomic E-state index is 11.5. The zero-order valence-corrected chi connectivity index (χ0v) is 12.6. The molecule has 1 aliphatic heterocycles. The Kier molecular flexibility index (Phi) is 5.37. The molecule has 1 N–H and O–H groups in total. The first-order chi connectivity index (χ1) is 8.18. The summed E-state index contributed by atoms with van der Waals surface area (Å²) in [6.45, 7) is 13.5. The molecule has 0 aromatic heterocycles. The van der Waals surface area contributed by atoms with Crippen LogP contribution < -0.4 is 5.32 Å². The van der Waals surface area contributed by atoms with Gasteiger partial charge in [-0.1, -0.05) is 6.58 Å². The summed E-state index contributed by atoms with van der Waals surface area (Å²) in [4.78, 5) is 2.19. The van der Waals surface area contributed by atoms with Crippen molar-refractivity contribution >= 4 is 9.84 Å². The van der Waals surface area contributed by atoms with Gasteiger partial charge in [-0.25, -0.2) is 8.42 Å². The largest absolute Gasteiger partial charge is 0.308 e. The zero-order chi connectivity index (χ0) is 13.8. The van der Waals surface area contributed by atoms with E-state index in [-0.39, 0.29) is 11.3 Å². The lowest BCUT2D eigenvalue weighted by molar-refractivity contribution is 0.314. The first-order valence-electron chi connectivity index (χ1n) is 6.52. The van der Waals surface area contributed by atoms with Gasteiger partial charge in [0.25, 0.3) is 0 Å². The SMILES string of the molecule is C=C(CNC(C)(C)C)CN1CCCS(=O)(=O)CC1. The van der Waals surface area contributed by atoms with Crippen molar-refractivity contribution < 1.29 is 8.42 Å². The molecule has 0 aliphatic carbocycles. The van der Waals surface area contributed by atoms with Gasteiger partial charge in [0.05, 0.1) is 11.5 Å². The quantitative estimate of drug-likeness (QED) is 0.779. The minimum atomic E-state index is -2.81. The van der Waals surface area contributed by atoms with Gasteiger partial charge in [0, 0.05) is 25.2 Å². The fraction of sp³-hybridized carbons (Fsp3) is 0.846. The highest BCUT2D eigenvalue weighted by atomic mass is 32.2. The highest BCUT2D eigenvalue weighted by Crippen LogP contribution is 2.07. The third kappa shape index (κ3) is 6.52. The third-order valence-electron chi connectivity index (χ3n) is 2.96. The molecule has 0 aromatic carbocycles. The maximum atomic E-state index is 11.5. The van der Waals surface area contributed by atoms with Gasteiger partial charge in [-0.05, 0) is 39.3 Å². The Morgan fingerprint density at radius 2 is 1.94 bits per heavy atom. The molecule has 0 spiro atoms. The van der Waals surface area contributed by atoms with Crippen LogP contribution in [0.5, 0.6) is 0 Å². The van der Waals surface area contributed by atoms with Crippen LogP contribution in [0.2, 0.25) is 0 Å². The molecule has 0 amide bonds. The van der Waals surface area contributed by atoms with Crippen molar-refractivity contribution in [1.82, 2.24) is 10.2 Å². The van der Waals surface area contributed by atoms with E-state index in [9.17, 15) is 8.42 Å². The number of rotatable bonds is 4. The molecular formula is C13H26N2O2S. The van der Waals surface area contributed by atoms with E-state index in [1.165, 1.54) is 0 Å². The van der Waals surface area contributed by atoms with Gasteiger partial charge in [0.2, 0.25) is 0 Å². The van der Waals surface area contributed by atoms with E-state index in [1.807, 2.05) is 0 Å². The zero-order valence-electron chi connectivity index (χ0n) is 11.8. The molecule has 1 rings (SSSR count). The molecule has 4 nitrogen and oxygen atoms in total. The van der Waals surface area contributed by atoms with Crippen LogP contribution in [0.4, 0.5) is 0 Å². The Bertz CT molecular complexity index is 382. The van der Waals surface area contributed by atoms with E-state index in [4.69, 9.17) is 0 Å². The average molecular weight is 274 g/mol. The van der Waals surface area contributed by atoms with Crippen LogP contribution in [-0.4, -0.2) is 56.5 Å². The monoisotopic (exact) mass is 274 g/mol. The van der Waals surface area contributed by atoms with E-state index in [1.54, 1.807) is 0 Å². The van der Waals surface area contributed by atoms with Crippen LogP contribution in [0.1, 0.15) is 27.2 Å². The van der Waals surface area contributed by atoms with E-state index in [0.717, 1.165) is 31.6 Å². The molecule has 5 heteroatoms. The molecule has 0 atom stereocenters. The summed E-state index contributed by atoms with van der Waals surface area (Å²) < 4.78 is 23.0. The topological polar surface area (TPSA) is 49.4 Å². The normalized spacial score (nSPS) is 21.5. The van der Waals surface area contributed by atoms with E-state index < -0.39 is 9.84 Å². The van der Waals surface area contributed by atoms with Gasteiger partial charge in [0.15, 0.2) is 9.84 Å². The second-order valence-corrected chi connectivity index (χ2v) is 8.44. The second kappa shape index (κ2) is 6.17. The Morgan fingerprint density at radius 3 is 2.56 bits per heavy atom. The standard InChI is InChI=1S/C13H26N2O2S/c1-12(10-14-13(2,3)4)11-15-6-5-8-18(16,17)9-7-15/h14H,1,5-11H2,2-4H3. The van der Waals surface area contributed by atoms with Gasteiger partial charge >= 0.3 is 0 Å². The van der Waals surface area contributed by atoms with Gasteiger partial charge in [-0.2, -0.15) is 0 Å². The Labute approximate surface area is 111 Å². The fourth-order valence-corrected chi connectivity index (χ4v) is 3.22. The first-order valence-corrected chi connectivity index (χ1v) is 8.34. The lowest BCUT2D eigenvalue weighted by Crippen LogP contribution is -2.39. The van der Waals surface area contributed by atoms with Crippen LogP contribution in [-0.2, 0) is 9.84 Å². The van der Waals surface area contributed by atoms with Crippen LogP contribution in [0, 0.1) is 0 Å². The summed E-state index contributed by atoms with van der Waals surface area (Å²) in [5.41, 5.74) is 1.20. The first kappa shape index (κ1) is 15.7. The van der Waals surface area contributed by atoms with Gasteiger partial charge < -0.3 is 5.32 Å². The summed E-state index contributed by atoms with van der Waals surface area (Å²) in [6.07, 6.45) is 0.738. The number of hydrogen-bond donors (Lipinski definition) is 1. The minimum Gasteiger partial charge on any atom is -0.308 e. The van der Waals surface area contributed by atoms with Crippen LogP contribution in [0.3, 0.4) is 0 Å². The molecule has 106 valence electrons. The summed E-state index contributed by atoms with van der Waals surface area (Å²) >= 11 is 0. The van der Waals surface area contributed by atoms with Crippen molar-refractivity contribution in [2.24, 2.45) is 0 Å². The number of sulfone groups is 1. The molecule has 0 saturated carbocycles. The van der Waals surface area contributed by atoms with E-state index in [0.29, 0.717) is 12.3 Å². The lowest BCUT2D eigenvalue weighted by atomic mass is 10.1. The Hall–Kier alpha value is -0.390. The summed E-state index contributed by atoms with van der Waals surface area (Å²) in [5.74, 6) is 0.614. The van der Waals surface area contributed by atoms with Crippen LogP contribution in [0.25, 0.3) is 0 Å². The Morgan fingerprint density at radius 1 is 1.28 bits per heavy atom. The number of nitrogens with zero attached hydrogens (tertiary/aromatic N) is 1. The molecule has 0 aromatic rings. The van der Waals surface area contributed by atoms with Crippen molar-refractivity contribution in [2.45, 2.75) is 32.7 Å². The van der Waals surface area contributed by atoms with Gasteiger partial charge in [-0.15, -0.1) is 0 Å². The fourth-order valence-electron chi connectivity index (χ4n) is 1.91. The summed E-state index contributed by atoms with van der Waals surface area (Å²) in [7, 11) is -2.81. The molecule has 1 fully saturated rings. The van der Waals surface area contributed by atoms with Crippen molar-refractivity contribution in [1.29, 1.82) is 0 Å². The second-order valence-electron chi connectivity index (χ2n) is 6.14. The van der Waals surface area contributed by atoms with Gasteiger partial charge in [0.1, 0.15) is 0 Å². The maximum Gasteiger partial charge on any atom is 0.151 e. The predicted octanol–water partition coefficient (Wildman–Crippen LogP) is 1.05. The van der Waals surface area contributed by atoms with E-state index >= 15 is 0 Å². The average Bonchev–Trinajstić information content (AvgIpc) is 2.37. The number of hydrogen-bond acceptors (Lipinski definition) is 4. The minimum absolute atomic E-state index is 0.0884. The summed E-state index contributed by atoms with van der Waals surface area (Å²) in [6, 6.07) is 0. The molecule has 1 saturated heterocycles. The van der Waals surface area contributed by atoms with Crippen molar-refractivity contribution in [3.8, 4) is 0 Å². The molecule has 1 heterocycles. The van der Waals surface area contributed by atoms with Crippen LogP contribution in [0.15, 0.2) is 12.2 Å². The van der Waals surface area contributed by atoms with E-state index in [2.05, 4.69) is 37.6 Å². The highest BCUT2D eigenvalue weighted by molar-refractivity contribution is 7.91. The Balaban J connectivity index is 2.36. The van der Waals surface area contributed by atoms with Crippen molar-refractivity contribution in [2.75, 3.05) is 37.7 Å². The molecule has 0 unspecified atom stereocenters. The van der Waals surface area contributed by atoms with Gasteiger partial charge in [-0.3, -0.25) is 4.90 Å².